The smallest absolute Gasteiger partial charge is 1.00 e. The van der Waals surface area contributed by atoms with Crippen LogP contribution >= 0.6 is 0 Å². The minimum atomic E-state index is 0. The molecule has 0 saturated carbocycles. The molecule has 0 heterocycles. The van der Waals surface area contributed by atoms with E-state index in [-0.39, 0.29) is 33.4 Å². The first-order chi connectivity index (χ1) is 11.4. The van der Waals surface area contributed by atoms with Gasteiger partial charge in [0, 0.05) is 0 Å². The molecule has 2 heteroatoms. The predicted molar refractivity (Wildman–Crippen MR) is 139 cm³/mol. The summed E-state index contributed by atoms with van der Waals surface area (Å²) >= 11 is 0. The molecule has 0 spiro atoms. The summed E-state index contributed by atoms with van der Waals surface area (Å²) in [6, 6.07) is 0. The van der Waals surface area contributed by atoms with Gasteiger partial charge in [0.25, 0.3) is 0 Å². The monoisotopic (exact) mass is 368 g/mol. The average Bonchev–Trinajstić information content (AvgIpc) is 2.50. The molecule has 0 aromatic carbocycles. The summed E-state index contributed by atoms with van der Waals surface area (Å²) in [4.78, 5) is 0. The van der Waals surface area contributed by atoms with E-state index in [4.69, 9.17) is 0 Å². The van der Waals surface area contributed by atoms with Gasteiger partial charge in [0.2, 0.25) is 0 Å². The maximum absolute atomic E-state index is 2.17. The summed E-state index contributed by atoms with van der Waals surface area (Å²) in [6.07, 6.45) is 25.4. The fourth-order valence-electron chi connectivity index (χ4n) is 2.01. The van der Waals surface area contributed by atoms with E-state index in [1.165, 1.54) is 0 Å². The molecule has 0 radical (unpaired) electrons. The van der Waals surface area contributed by atoms with E-state index < -0.39 is 0 Å². The third-order valence-electron chi connectivity index (χ3n) is 2.98. The van der Waals surface area contributed by atoms with Crippen LogP contribution in [0.2, 0.25) is 0 Å². The van der Waals surface area contributed by atoms with Crippen LogP contribution in [0, 0.1) is 17.8 Å². The molecule has 0 aliphatic carbocycles. The van der Waals surface area contributed by atoms with E-state index in [2.05, 4.69) is 93.7 Å². The zero-order valence-corrected chi connectivity index (χ0v) is 19.1. The number of hydrogen-bond acceptors (Lipinski definition) is 0. The standard InChI is InChI=1S/3C8H14.CH4.2Be.4H/c3*1-4-6-8(3)7-5-2;;;;;;;/h3*4-8H,1-3H3;1H4;;;;;;/q;;;;2*+2;4*-1/b3*6-4+,7-5+;;;;;;;. The largest absolute Gasteiger partial charge is 2.00 e. The van der Waals surface area contributed by atoms with Crippen molar-refractivity contribution in [2.45, 2.75) is 69.7 Å². The Morgan fingerprint density at radius 3 is 0.593 bits per heavy atom. The Labute approximate surface area is 186 Å². The Balaban J connectivity index is -0.0000000240. The Hall–Kier alpha value is -1.22. The van der Waals surface area contributed by atoms with Gasteiger partial charge in [-0.05, 0) is 59.3 Å². The Morgan fingerprint density at radius 1 is 0.407 bits per heavy atom. The van der Waals surface area contributed by atoms with Gasteiger partial charge in [0.1, 0.15) is 0 Å². The third kappa shape index (κ3) is 45.7. The minimum Gasteiger partial charge on any atom is -1.00 e. The Morgan fingerprint density at radius 2 is 0.519 bits per heavy atom. The summed E-state index contributed by atoms with van der Waals surface area (Å²) in [5.41, 5.74) is 0. The van der Waals surface area contributed by atoms with Crippen molar-refractivity contribution in [1.29, 1.82) is 0 Å². The van der Waals surface area contributed by atoms with Crippen molar-refractivity contribution in [2.24, 2.45) is 17.8 Å². The third-order valence-corrected chi connectivity index (χ3v) is 2.98. The second kappa shape index (κ2) is 35.8. The van der Waals surface area contributed by atoms with E-state index in [0.29, 0.717) is 17.8 Å². The molecule has 0 N–H and O–H groups in total. The van der Waals surface area contributed by atoms with E-state index in [1.54, 1.807) is 0 Å². The Bertz CT molecular complexity index is 318. The van der Waals surface area contributed by atoms with Gasteiger partial charge in [0.05, 0.1) is 0 Å². The summed E-state index contributed by atoms with van der Waals surface area (Å²) < 4.78 is 0. The van der Waals surface area contributed by atoms with Crippen LogP contribution in [-0.4, -0.2) is 20.2 Å². The molecule has 0 bridgehead atoms. The molecule has 0 aromatic heterocycles. The maximum Gasteiger partial charge on any atom is 2.00 e. The van der Waals surface area contributed by atoms with Crippen LogP contribution in [0.4, 0.5) is 0 Å². The van der Waals surface area contributed by atoms with Crippen LogP contribution in [0.1, 0.15) is 75.4 Å². The molecule has 0 saturated heterocycles. The van der Waals surface area contributed by atoms with Crippen molar-refractivity contribution in [2.75, 3.05) is 0 Å². The molecule has 0 aliphatic heterocycles. The summed E-state index contributed by atoms with van der Waals surface area (Å²) in [5.74, 6) is 1.81. The van der Waals surface area contributed by atoms with Crippen molar-refractivity contribution < 1.29 is 5.71 Å². The molecule has 0 unspecified atom stereocenters. The van der Waals surface area contributed by atoms with E-state index in [0.717, 1.165) is 0 Å². The van der Waals surface area contributed by atoms with Crippen LogP contribution in [0.15, 0.2) is 72.9 Å². The van der Waals surface area contributed by atoms with Crippen molar-refractivity contribution in [3.63, 3.8) is 0 Å². The van der Waals surface area contributed by atoms with Crippen LogP contribution in [0.25, 0.3) is 0 Å². The first-order valence-electron chi connectivity index (χ1n) is 9.20. The van der Waals surface area contributed by atoms with E-state index in [1.807, 2.05) is 41.5 Å². The number of rotatable bonds is 6. The molecule has 0 atom stereocenters. The predicted octanol–water partition coefficient (Wildman–Crippen LogP) is 8.65. The molecule has 0 rings (SSSR count). The molecule has 0 aromatic rings. The van der Waals surface area contributed by atoms with E-state index in [9.17, 15) is 0 Å². The molecule has 0 aliphatic rings. The van der Waals surface area contributed by atoms with Crippen LogP contribution in [0.3, 0.4) is 0 Å². The van der Waals surface area contributed by atoms with Gasteiger partial charge in [-0.25, -0.2) is 0 Å². The zero-order chi connectivity index (χ0) is 19.2. The first-order valence-corrected chi connectivity index (χ1v) is 9.20. The fraction of sp³-hybridized carbons (Fsp3) is 0.520. The first kappa shape index (κ1) is 40.5. The molecule has 27 heavy (non-hydrogen) atoms. The van der Waals surface area contributed by atoms with Gasteiger partial charge < -0.3 is 5.71 Å². The molecular weight excluding hydrogens is 318 g/mol. The molecular formula is C25H50Be2. The van der Waals surface area contributed by atoms with Gasteiger partial charge >= 0.3 is 20.2 Å². The minimum absolute atomic E-state index is 0. The van der Waals surface area contributed by atoms with Crippen molar-refractivity contribution in [3.05, 3.63) is 72.9 Å². The molecule has 0 nitrogen and oxygen atoms in total. The van der Waals surface area contributed by atoms with Crippen molar-refractivity contribution in [1.82, 2.24) is 0 Å². The van der Waals surface area contributed by atoms with E-state index >= 15 is 0 Å². The number of allylic oxidation sites excluding steroid dienone is 12. The van der Waals surface area contributed by atoms with Crippen LogP contribution in [0.5, 0.6) is 0 Å². The van der Waals surface area contributed by atoms with Crippen molar-refractivity contribution >= 4 is 20.2 Å². The van der Waals surface area contributed by atoms with Gasteiger partial charge in [0.15, 0.2) is 0 Å². The molecule has 154 valence electrons. The SMILES string of the molecule is C.C/C=C/C(C)/C=C/C.C/C=C/C(C)/C=C/C.C/C=C/C(C)/C=C/C.[Be+2].[Be+2].[H-].[H-].[H-].[H-]. The molecule has 0 fully saturated rings. The summed E-state index contributed by atoms with van der Waals surface area (Å²) in [6.45, 7) is 18.8. The van der Waals surface area contributed by atoms with Crippen molar-refractivity contribution in [3.8, 4) is 0 Å². The topological polar surface area (TPSA) is 0 Å². The Kier molecular flexibility index (Phi) is 53.7. The van der Waals surface area contributed by atoms with Gasteiger partial charge in [-0.2, -0.15) is 0 Å². The van der Waals surface area contributed by atoms with Gasteiger partial charge in [-0.15, -0.1) is 0 Å². The second-order valence-electron chi connectivity index (χ2n) is 5.73. The van der Waals surface area contributed by atoms with Crippen LogP contribution < -0.4 is 0 Å². The maximum atomic E-state index is 2.17. The second-order valence-corrected chi connectivity index (χ2v) is 5.73. The normalized spacial score (nSPS) is 11.1. The average molecular weight is 369 g/mol. The molecule has 0 amide bonds. The number of hydrogen-bond donors (Lipinski definition) is 0. The quantitative estimate of drug-likeness (QED) is 0.325. The summed E-state index contributed by atoms with van der Waals surface area (Å²) in [5, 5.41) is 0. The fourth-order valence-corrected chi connectivity index (χ4v) is 2.01. The van der Waals surface area contributed by atoms with Gasteiger partial charge in [-0.3, -0.25) is 0 Å². The summed E-state index contributed by atoms with van der Waals surface area (Å²) in [7, 11) is 0. The van der Waals surface area contributed by atoms with Crippen LogP contribution in [-0.2, 0) is 0 Å². The van der Waals surface area contributed by atoms with Gasteiger partial charge in [-0.1, -0.05) is 101 Å². The zero-order valence-electron chi connectivity index (χ0n) is 23.1.